The zero-order valence-electron chi connectivity index (χ0n) is 21.9. The molecular weight excluding hydrogens is 529 g/mol. The van der Waals surface area contributed by atoms with E-state index >= 15 is 0 Å². The molecule has 14 heteroatoms. The van der Waals surface area contributed by atoms with Crippen LogP contribution < -0.4 is 16.3 Å². The van der Waals surface area contributed by atoms with Crippen molar-refractivity contribution in [2.75, 3.05) is 25.2 Å². The summed E-state index contributed by atoms with van der Waals surface area (Å²) in [5, 5.41) is 2.43. The van der Waals surface area contributed by atoms with E-state index in [1.165, 1.54) is 35.5 Å². The molecule has 0 fully saturated rings. The van der Waals surface area contributed by atoms with Crippen LogP contribution >= 0.6 is 31.3 Å². The van der Waals surface area contributed by atoms with Crippen molar-refractivity contribution in [2.45, 2.75) is 71.9 Å². The largest absolute Gasteiger partial charge is 0.462 e. The molecule has 0 aliphatic rings. The van der Waals surface area contributed by atoms with E-state index in [1.807, 2.05) is 27.0 Å². The minimum absolute atomic E-state index is 0.00353. The highest BCUT2D eigenvalue weighted by Crippen LogP contribution is 2.45. The van der Waals surface area contributed by atoms with E-state index < -0.39 is 36.4 Å². The number of hydrogen-bond donors (Lipinski definition) is 2. The monoisotopic (exact) mass is 567 g/mol. The number of carbonyl (C=O) groups excluding carboxylic acids is 2. The van der Waals surface area contributed by atoms with Gasteiger partial charge >= 0.3 is 19.4 Å². The van der Waals surface area contributed by atoms with Gasteiger partial charge in [-0.2, -0.15) is 11.8 Å². The maximum Gasteiger partial charge on any atom is 0.406 e. The second-order valence-electron chi connectivity index (χ2n) is 9.30. The van der Waals surface area contributed by atoms with Crippen molar-refractivity contribution < 1.29 is 27.9 Å². The molecule has 0 saturated heterocycles. The van der Waals surface area contributed by atoms with Crippen LogP contribution in [-0.4, -0.2) is 63.3 Å². The van der Waals surface area contributed by atoms with Gasteiger partial charge in [-0.05, 0) is 33.4 Å². The van der Waals surface area contributed by atoms with Crippen LogP contribution in [0.5, 0.6) is 0 Å². The first kappa shape index (κ1) is 32.7. The summed E-state index contributed by atoms with van der Waals surface area (Å²) in [5.41, 5.74) is -1.51. The maximum absolute atomic E-state index is 13.5. The molecule has 3 atom stereocenters. The van der Waals surface area contributed by atoms with Crippen LogP contribution in [0.4, 0.5) is 0 Å². The molecule has 3 unspecified atom stereocenters. The number of esters is 1. The zero-order valence-corrected chi connectivity index (χ0v) is 24.4. The van der Waals surface area contributed by atoms with Crippen molar-refractivity contribution >= 4 is 42.4 Å². The van der Waals surface area contributed by atoms with Gasteiger partial charge in [0.15, 0.2) is 5.12 Å². The summed E-state index contributed by atoms with van der Waals surface area (Å²) in [6.45, 7) is 10.6. The lowest BCUT2D eigenvalue weighted by atomic mass is 10.00. The van der Waals surface area contributed by atoms with E-state index in [4.69, 9.17) is 13.8 Å². The summed E-state index contributed by atoms with van der Waals surface area (Å²) < 4.78 is 31.2. The Kier molecular flexibility index (Phi) is 13.7. The van der Waals surface area contributed by atoms with E-state index in [1.54, 1.807) is 13.8 Å². The highest BCUT2D eigenvalue weighted by molar-refractivity contribution is 8.13. The van der Waals surface area contributed by atoms with Gasteiger partial charge in [-0.1, -0.05) is 32.5 Å². The Balaban J connectivity index is 2.82. The maximum atomic E-state index is 13.5. The molecule has 0 saturated carbocycles. The number of carbonyl (C=O) groups is 2. The number of hydrogen-bond acceptors (Lipinski definition) is 10. The summed E-state index contributed by atoms with van der Waals surface area (Å²) in [6.07, 6.45) is 3.39. The molecule has 206 valence electrons. The highest BCUT2D eigenvalue weighted by Gasteiger charge is 2.32. The average Bonchev–Trinajstić information content (AvgIpc) is 2.76. The van der Waals surface area contributed by atoms with Crippen LogP contribution in [0.15, 0.2) is 21.9 Å². The van der Waals surface area contributed by atoms with Gasteiger partial charge in [0.2, 0.25) is 0 Å². The number of aromatic nitrogens is 2. The lowest BCUT2D eigenvalue weighted by Gasteiger charge is -2.25. The van der Waals surface area contributed by atoms with E-state index in [-0.39, 0.29) is 35.4 Å². The van der Waals surface area contributed by atoms with Gasteiger partial charge in [0, 0.05) is 35.2 Å². The third kappa shape index (κ3) is 12.2. The Morgan fingerprint density at radius 3 is 2.42 bits per heavy atom. The summed E-state index contributed by atoms with van der Waals surface area (Å²) in [5.74, 6) is -0.342. The number of nitrogens with zero attached hydrogens (tertiary/aromatic N) is 1. The van der Waals surface area contributed by atoms with Gasteiger partial charge in [-0.3, -0.25) is 28.4 Å². The molecule has 0 aliphatic carbocycles. The molecule has 0 amide bonds. The SMILES string of the molecule is CSC(CCn1ccc(=O)[nH]c1=O)COP(=O)(NC(C)C(=O)OC(C)C)OCCSC(=O)C(C)(C)C. The van der Waals surface area contributed by atoms with Gasteiger partial charge < -0.3 is 9.30 Å². The van der Waals surface area contributed by atoms with Crippen LogP contribution in [0.25, 0.3) is 0 Å². The smallest absolute Gasteiger partial charge is 0.406 e. The number of rotatable bonds is 15. The fourth-order valence-corrected chi connectivity index (χ4v) is 5.66. The van der Waals surface area contributed by atoms with Crippen molar-refractivity contribution in [3.8, 4) is 0 Å². The molecule has 0 spiro atoms. The molecule has 0 bridgehead atoms. The quantitative estimate of drug-likeness (QED) is 0.183. The first-order valence-corrected chi connectivity index (χ1v) is 15.4. The molecular formula is C22H38N3O8PS2. The topological polar surface area (TPSA) is 146 Å². The number of thioether (sulfide) groups is 2. The molecule has 11 nitrogen and oxygen atoms in total. The number of ether oxygens (including phenoxy) is 1. The van der Waals surface area contributed by atoms with Crippen molar-refractivity contribution in [1.29, 1.82) is 0 Å². The van der Waals surface area contributed by atoms with E-state index in [0.717, 1.165) is 11.8 Å². The molecule has 1 rings (SSSR count). The third-order valence-electron chi connectivity index (χ3n) is 4.60. The van der Waals surface area contributed by atoms with Gasteiger partial charge in [0.05, 0.1) is 19.3 Å². The highest BCUT2D eigenvalue weighted by atomic mass is 32.2. The van der Waals surface area contributed by atoms with Crippen molar-refractivity contribution in [3.63, 3.8) is 0 Å². The Bertz CT molecular complexity index is 1020. The number of aryl methyl sites for hydroxylation is 1. The fraction of sp³-hybridized carbons (Fsp3) is 0.727. The standard InChI is InChI=1S/C22H38N3O8PS2/c1-15(2)33-19(27)16(3)24-34(30,31-12-13-36-20(28)22(4,5)6)32-14-17(35-7)8-10-25-11-9-18(26)23-21(25)29/h9,11,15-17H,8,10,12-14H2,1-7H3,(H,24,30)(H,23,26,29). The summed E-state index contributed by atoms with van der Waals surface area (Å²) >= 11 is 2.52. The minimum atomic E-state index is -3.96. The molecule has 0 aliphatic heterocycles. The van der Waals surface area contributed by atoms with Gasteiger partial charge in [0.1, 0.15) is 6.04 Å². The number of aromatic amines is 1. The van der Waals surface area contributed by atoms with E-state index in [0.29, 0.717) is 13.0 Å². The normalized spacial score (nSPS) is 15.3. The molecule has 2 N–H and O–H groups in total. The van der Waals surface area contributed by atoms with Crippen LogP contribution in [0, 0.1) is 5.41 Å². The molecule has 1 aromatic heterocycles. The van der Waals surface area contributed by atoms with E-state index in [2.05, 4.69) is 10.1 Å². The Hall–Kier alpha value is -1.37. The summed E-state index contributed by atoms with van der Waals surface area (Å²) in [7, 11) is -3.96. The predicted octanol–water partition coefficient (Wildman–Crippen LogP) is 3.04. The first-order valence-electron chi connectivity index (χ1n) is 11.5. The van der Waals surface area contributed by atoms with Gasteiger partial charge in [0.25, 0.3) is 5.56 Å². The second kappa shape index (κ2) is 15.1. The lowest BCUT2D eigenvalue weighted by molar-refractivity contribution is -0.149. The molecule has 0 aromatic carbocycles. The zero-order chi connectivity index (χ0) is 27.5. The predicted molar refractivity (Wildman–Crippen MR) is 143 cm³/mol. The fourth-order valence-electron chi connectivity index (χ4n) is 2.60. The lowest BCUT2D eigenvalue weighted by Crippen LogP contribution is -2.36. The van der Waals surface area contributed by atoms with Crippen LogP contribution in [0.3, 0.4) is 0 Å². The van der Waals surface area contributed by atoms with Gasteiger partial charge in [-0.15, -0.1) is 0 Å². The summed E-state index contributed by atoms with van der Waals surface area (Å²) in [4.78, 5) is 49.7. The van der Waals surface area contributed by atoms with Crippen molar-refractivity contribution in [3.05, 3.63) is 33.1 Å². The molecule has 1 aromatic rings. The Morgan fingerprint density at radius 2 is 1.86 bits per heavy atom. The molecule has 1 heterocycles. The summed E-state index contributed by atoms with van der Waals surface area (Å²) in [6, 6.07) is 0.299. The molecule has 36 heavy (non-hydrogen) atoms. The molecule has 0 radical (unpaired) electrons. The van der Waals surface area contributed by atoms with Gasteiger partial charge in [-0.25, -0.2) is 14.4 Å². The number of H-pyrrole nitrogens is 1. The average molecular weight is 568 g/mol. The van der Waals surface area contributed by atoms with Crippen LogP contribution in [0.2, 0.25) is 0 Å². The van der Waals surface area contributed by atoms with Crippen LogP contribution in [0.1, 0.15) is 48.0 Å². The third-order valence-corrected chi connectivity index (χ3v) is 8.60. The van der Waals surface area contributed by atoms with Crippen molar-refractivity contribution in [1.82, 2.24) is 14.6 Å². The van der Waals surface area contributed by atoms with E-state index in [9.17, 15) is 23.7 Å². The number of nitrogens with one attached hydrogen (secondary N) is 2. The van der Waals surface area contributed by atoms with Crippen molar-refractivity contribution in [2.24, 2.45) is 5.41 Å². The Labute approximate surface area is 220 Å². The Morgan fingerprint density at radius 1 is 1.19 bits per heavy atom. The second-order valence-corrected chi connectivity index (χ2v) is 13.3. The minimum Gasteiger partial charge on any atom is -0.462 e. The first-order chi connectivity index (χ1) is 16.7. The van der Waals surface area contributed by atoms with Crippen LogP contribution in [-0.2, 0) is 34.5 Å².